The Hall–Kier alpha value is -2.40. The molecule has 10 heteroatoms. The summed E-state index contributed by atoms with van der Waals surface area (Å²) in [5.74, 6) is 1.11. The third-order valence-corrected chi connectivity index (χ3v) is 7.28. The molecule has 0 amide bonds. The molecular formula is C23H32N6O3S. The molecule has 0 aliphatic heterocycles. The summed E-state index contributed by atoms with van der Waals surface area (Å²) in [6.07, 6.45) is 3.70. The number of hydrogen-bond donors (Lipinski definition) is 4. The summed E-state index contributed by atoms with van der Waals surface area (Å²) in [6, 6.07) is 1.91. The van der Waals surface area contributed by atoms with Crippen LogP contribution in [0.3, 0.4) is 0 Å². The van der Waals surface area contributed by atoms with Crippen LogP contribution in [0.5, 0.6) is 0 Å². The zero-order valence-electron chi connectivity index (χ0n) is 19.7. The fourth-order valence-corrected chi connectivity index (χ4v) is 5.50. The molecule has 0 saturated heterocycles. The minimum Gasteiger partial charge on any atom is -0.388 e. The summed E-state index contributed by atoms with van der Waals surface area (Å²) in [5, 5.41) is 29.5. The Bertz CT molecular complexity index is 1090. The predicted molar refractivity (Wildman–Crippen MR) is 130 cm³/mol. The first-order valence-electron chi connectivity index (χ1n) is 11.3. The van der Waals surface area contributed by atoms with Crippen molar-refractivity contribution in [3.05, 3.63) is 24.2 Å². The number of thiazole rings is 1. The van der Waals surface area contributed by atoms with E-state index in [1.807, 2.05) is 19.9 Å². The lowest BCUT2D eigenvalue weighted by molar-refractivity contribution is -0.0538. The van der Waals surface area contributed by atoms with Crippen LogP contribution in [0.15, 0.2) is 18.5 Å². The summed E-state index contributed by atoms with van der Waals surface area (Å²) in [4.78, 5) is 18.3. The van der Waals surface area contributed by atoms with E-state index in [1.54, 1.807) is 19.5 Å². The van der Waals surface area contributed by atoms with Crippen molar-refractivity contribution in [1.82, 2.24) is 19.9 Å². The van der Waals surface area contributed by atoms with Crippen LogP contribution in [0.2, 0.25) is 0 Å². The summed E-state index contributed by atoms with van der Waals surface area (Å²) >= 11 is 1.51. The number of methoxy groups -OCH3 is 1. The average Bonchev–Trinajstić information content (AvgIpc) is 3.29. The Kier molecular flexibility index (Phi) is 6.81. The Morgan fingerprint density at radius 1 is 1.27 bits per heavy atom. The summed E-state index contributed by atoms with van der Waals surface area (Å²) in [7, 11) is 1.64. The Balaban J connectivity index is 1.77. The lowest BCUT2D eigenvalue weighted by Gasteiger charge is -2.32. The highest BCUT2D eigenvalue weighted by Gasteiger charge is 2.48. The van der Waals surface area contributed by atoms with Gasteiger partial charge in [-0.1, -0.05) is 13.8 Å². The van der Waals surface area contributed by atoms with Crippen LogP contribution in [-0.2, 0) is 4.74 Å². The van der Waals surface area contributed by atoms with E-state index in [4.69, 9.17) is 14.7 Å². The SMILES string of the molecule is COCC(C)Nc1nc(C)c(-c2nc3cnccc3s2)c(NC2(O)CCC(C(C)C)C2O)n1. The van der Waals surface area contributed by atoms with Gasteiger partial charge in [0.05, 0.1) is 28.8 Å². The first kappa shape index (κ1) is 23.7. The van der Waals surface area contributed by atoms with Crippen molar-refractivity contribution in [2.75, 3.05) is 24.4 Å². The monoisotopic (exact) mass is 472 g/mol. The second-order valence-electron chi connectivity index (χ2n) is 9.16. The number of nitrogens with zero attached hydrogens (tertiary/aromatic N) is 4. The lowest BCUT2D eigenvalue weighted by Crippen LogP contribution is -2.48. The van der Waals surface area contributed by atoms with Crippen LogP contribution in [-0.4, -0.2) is 61.7 Å². The molecule has 4 unspecified atom stereocenters. The molecule has 0 spiro atoms. The summed E-state index contributed by atoms with van der Waals surface area (Å²) in [5.41, 5.74) is 0.717. The van der Waals surface area contributed by atoms with Gasteiger partial charge < -0.3 is 25.6 Å². The number of aliphatic hydroxyl groups is 2. The van der Waals surface area contributed by atoms with E-state index in [0.29, 0.717) is 36.1 Å². The van der Waals surface area contributed by atoms with Crippen LogP contribution < -0.4 is 10.6 Å². The molecule has 1 fully saturated rings. The highest BCUT2D eigenvalue weighted by Crippen LogP contribution is 2.42. The second kappa shape index (κ2) is 9.46. The molecule has 4 N–H and O–H groups in total. The molecular weight excluding hydrogens is 440 g/mol. The topological polar surface area (TPSA) is 125 Å². The van der Waals surface area contributed by atoms with Crippen LogP contribution >= 0.6 is 11.3 Å². The molecule has 178 valence electrons. The van der Waals surface area contributed by atoms with Crippen molar-refractivity contribution in [2.24, 2.45) is 11.8 Å². The number of ether oxygens (including phenoxy) is 1. The van der Waals surface area contributed by atoms with Gasteiger partial charge in [0.25, 0.3) is 0 Å². The van der Waals surface area contributed by atoms with Crippen molar-refractivity contribution < 1.29 is 14.9 Å². The molecule has 1 saturated carbocycles. The first-order chi connectivity index (χ1) is 15.7. The van der Waals surface area contributed by atoms with Gasteiger partial charge in [0, 0.05) is 19.3 Å². The Morgan fingerprint density at radius 2 is 2.06 bits per heavy atom. The molecule has 4 rings (SSSR count). The number of fused-ring (bicyclic) bond motifs is 1. The van der Waals surface area contributed by atoms with Crippen molar-refractivity contribution >= 4 is 33.3 Å². The third-order valence-electron chi connectivity index (χ3n) is 6.23. The van der Waals surface area contributed by atoms with E-state index in [-0.39, 0.29) is 17.9 Å². The zero-order valence-corrected chi connectivity index (χ0v) is 20.5. The van der Waals surface area contributed by atoms with Crippen molar-refractivity contribution in [3.8, 4) is 10.6 Å². The molecule has 0 radical (unpaired) electrons. The van der Waals surface area contributed by atoms with Crippen molar-refractivity contribution in [2.45, 2.75) is 58.4 Å². The molecule has 9 nitrogen and oxygen atoms in total. The molecule has 33 heavy (non-hydrogen) atoms. The van der Waals surface area contributed by atoms with Gasteiger partial charge in [0.15, 0.2) is 5.72 Å². The Morgan fingerprint density at radius 3 is 2.73 bits per heavy atom. The number of pyridine rings is 1. The molecule has 3 aromatic heterocycles. The lowest BCUT2D eigenvalue weighted by atomic mass is 9.91. The highest BCUT2D eigenvalue weighted by molar-refractivity contribution is 7.21. The molecule has 1 aliphatic rings. The molecule has 1 aliphatic carbocycles. The number of aryl methyl sites for hydroxylation is 1. The maximum absolute atomic E-state index is 11.4. The second-order valence-corrected chi connectivity index (χ2v) is 10.2. The standard InChI is InChI=1S/C23H32N6O3S/c1-12(2)15-6-8-23(31,19(15)30)29-20-18(21-27-16-10-24-9-7-17(16)33-21)14(4)26-22(28-20)25-13(3)11-32-5/h7,9-10,12-13,15,19,30-31H,6,8,11H2,1-5H3,(H2,25,26,28,29). The van der Waals surface area contributed by atoms with Crippen LogP contribution in [0.4, 0.5) is 11.8 Å². The normalized spacial score (nSPS) is 23.9. The fraction of sp³-hybridized carbons (Fsp3) is 0.565. The van der Waals surface area contributed by atoms with Gasteiger partial charge in [-0.3, -0.25) is 4.98 Å². The van der Waals surface area contributed by atoms with Crippen molar-refractivity contribution in [1.29, 1.82) is 0 Å². The number of hydrogen-bond acceptors (Lipinski definition) is 10. The largest absolute Gasteiger partial charge is 0.388 e. The van der Waals surface area contributed by atoms with E-state index in [0.717, 1.165) is 21.6 Å². The predicted octanol–water partition coefficient (Wildman–Crippen LogP) is 3.43. The quantitative estimate of drug-likeness (QED) is 0.365. The van der Waals surface area contributed by atoms with E-state index >= 15 is 0 Å². The van der Waals surface area contributed by atoms with E-state index < -0.39 is 11.8 Å². The van der Waals surface area contributed by atoms with Crippen molar-refractivity contribution in [3.63, 3.8) is 0 Å². The maximum Gasteiger partial charge on any atom is 0.225 e. The number of rotatable bonds is 8. The number of anilines is 2. The van der Waals surface area contributed by atoms with Gasteiger partial charge in [0.2, 0.25) is 5.95 Å². The van der Waals surface area contributed by atoms with Gasteiger partial charge in [0.1, 0.15) is 22.4 Å². The average molecular weight is 473 g/mol. The van der Waals surface area contributed by atoms with E-state index in [2.05, 4.69) is 34.4 Å². The van der Waals surface area contributed by atoms with Crippen LogP contribution in [0.25, 0.3) is 20.8 Å². The maximum atomic E-state index is 11.4. The van der Waals surface area contributed by atoms with E-state index in [9.17, 15) is 10.2 Å². The fourth-order valence-electron chi connectivity index (χ4n) is 4.47. The van der Waals surface area contributed by atoms with Gasteiger partial charge >= 0.3 is 0 Å². The van der Waals surface area contributed by atoms with E-state index in [1.165, 1.54) is 11.3 Å². The van der Waals surface area contributed by atoms with Crippen LogP contribution in [0.1, 0.15) is 39.3 Å². The summed E-state index contributed by atoms with van der Waals surface area (Å²) < 4.78 is 6.21. The number of aromatic nitrogens is 4. The minimum absolute atomic E-state index is 0.00160. The molecule has 4 atom stereocenters. The van der Waals surface area contributed by atoms with Gasteiger partial charge in [-0.25, -0.2) is 9.97 Å². The molecule has 3 aromatic rings. The minimum atomic E-state index is -1.49. The third kappa shape index (κ3) is 4.79. The van der Waals surface area contributed by atoms with Gasteiger partial charge in [-0.2, -0.15) is 4.98 Å². The number of nitrogens with one attached hydrogen (secondary N) is 2. The highest BCUT2D eigenvalue weighted by atomic mass is 32.1. The molecule has 0 aromatic carbocycles. The van der Waals surface area contributed by atoms with Gasteiger partial charge in [-0.05, 0) is 44.6 Å². The first-order valence-corrected chi connectivity index (χ1v) is 12.1. The van der Waals surface area contributed by atoms with Crippen LogP contribution in [0, 0.1) is 18.8 Å². The smallest absolute Gasteiger partial charge is 0.225 e. The molecule has 0 bridgehead atoms. The Labute approximate surface area is 197 Å². The zero-order chi connectivity index (χ0) is 23.8. The summed E-state index contributed by atoms with van der Waals surface area (Å²) in [6.45, 7) is 8.50. The number of aliphatic hydroxyl groups excluding tert-OH is 1. The molecule has 3 heterocycles. The van der Waals surface area contributed by atoms with Gasteiger partial charge in [-0.15, -0.1) is 11.3 Å².